The number of likely N-dealkylation sites (tertiary alicyclic amines) is 1. The number of rotatable bonds is 4. The quantitative estimate of drug-likeness (QED) is 0.909. The summed E-state index contributed by atoms with van der Waals surface area (Å²) in [5.41, 5.74) is 0.962. The summed E-state index contributed by atoms with van der Waals surface area (Å²) in [5.74, 6) is -0.0761. The summed E-state index contributed by atoms with van der Waals surface area (Å²) in [5, 5.41) is 2.72. The van der Waals surface area contributed by atoms with Gasteiger partial charge in [0.2, 0.25) is 11.8 Å². The number of amides is 2. The first-order chi connectivity index (χ1) is 9.66. The van der Waals surface area contributed by atoms with E-state index >= 15 is 0 Å². The fourth-order valence-corrected chi connectivity index (χ4v) is 2.59. The number of piperidine rings is 1. The molecule has 1 fully saturated rings. The van der Waals surface area contributed by atoms with Gasteiger partial charge in [0.1, 0.15) is 0 Å². The summed E-state index contributed by atoms with van der Waals surface area (Å²) in [6, 6.07) is 9.85. The number of carbonyl (C=O) groups excluding carboxylic acids is 2. The molecule has 108 valence electrons. The molecule has 1 aliphatic heterocycles. The topological polar surface area (TPSA) is 49.4 Å². The van der Waals surface area contributed by atoms with Crippen LogP contribution in [-0.2, 0) is 16.0 Å². The lowest BCUT2D eigenvalue weighted by Gasteiger charge is -2.33. The highest BCUT2D eigenvalue weighted by molar-refractivity contribution is 5.85. The molecule has 1 atom stereocenters. The third kappa shape index (κ3) is 4.08. The Balaban J connectivity index is 1.76. The molecular formula is C16H22N2O2. The molecule has 1 saturated heterocycles. The Morgan fingerprint density at radius 2 is 2.00 bits per heavy atom. The summed E-state index contributed by atoms with van der Waals surface area (Å²) in [6.07, 6.45) is 3.63. The van der Waals surface area contributed by atoms with E-state index in [0.717, 1.165) is 24.9 Å². The van der Waals surface area contributed by atoms with E-state index in [2.05, 4.69) is 12.2 Å². The van der Waals surface area contributed by atoms with E-state index in [1.807, 2.05) is 35.2 Å². The largest absolute Gasteiger partial charge is 0.347 e. The van der Waals surface area contributed by atoms with Gasteiger partial charge in [-0.2, -0.15) is 0 Å². The van der Waals surface area contributed by atoms with E-state index in [1.54, 1.807) is 0 Å². The molecule has 1 aromatic rings. The van der Waals surface area contributed by atoms with Crippen LogP contribution in [0.3, 0.4) is 0 Å². The van der Waals surface area contributed by atoms with E-state index < -0.39 is 0 Å². The number of benzene rings is 1. The van der Waals surface area contributed by atoms with Gasteiger partial charge in [0.15, 0.2) is 0 Å². The molecule has 0 aliphatic carbocycles. The number of hydrogen-bond acceptors (Lipinski definition) is 2. The van der Waals surface area contributed by atoms with Gasteiger partial charge in [0.25, 0.3) is 0 Å². The maximum Gasteiger partial charge on any atom is 0.242 e. The second-order valence-electron chi connectivity index (χ2n) is 5.37. The lowest BCUT2D eigenvalue weighted by Crippen LogP contribution is -2.47. The van der Waals surface area contributed by atoms with Gasteiger partial charge in [0, 0.05) is 12.6 Å². The fourth-order valence-electron chi connectivity index (χ4n) is 2.59. The van der Waals surface area contributed by atoms with Gasteiger partial charge >= 0.3 is 0 Å². The van der Waals surface area contributed by atoms with Crippen molar-refractivity contribution >= 4 is 11.8 Å². The van der Waals surface area contributed by atoms with Crippen molar-refractivity contribution in [3.05, 3.63) is 35.9 Å². The van der Waals surface area contributed by atoms with Crippen LogP contribution in [0, 0.1) is 0 Å². The minimum absolute atomic E-state index is 0.0265. The van der Waals surface area contributed by atoms with Crippen molar-refractivity contribution in [3.8, 4) is 0 Å². The molecule has 1 aromatic carbocycles. The summed E-state index contributed by atoms with van der Waals surface area (Å²) in [6.45, 7) is 2.99. The van der Waals surface area contributed by atoms with Crippen molar-refractivity contribution in [2.75, 3.05) is 13.1 Å². The second-order valence-corrected chi connectivity index (χ2v) is 5.37. The number of hydrogen-bond donors (Lipinski definition) is 1. The molecule has 1 heterocycles. The summed E-state index contributed by atoms with van der Waals surface area (Å²) >= 11 is 0. The van der Waals surface area contributed by atoms with E-state index in [9.17, 15) is 9.59 Å². The molecule has 1 N–H and O–H groups in total. The van der Waals surface area contributed by atoms with Gasteiger partial charge in [-0.05, 0) is 31.7 Å². The van der Waals surface area contributed by atoms with Crippen molar-refractivity contribution in [2.45, 2.75) is 38.6 Å². The van der Waals surface area contributed by atoms with Crippen LogP contribution in [0.4, 0.5) is 0 Å². The molecule has 0 radical (unpaired) electrons. The highest BCUT2D eigenvalue weighted by Crippen LogP contribution is 2.15. The normalized spacial score (nSPS) is 18.6. The molecule has 0 bridgehead atoms. The molecule has 4 heteroatoms. The predicted molar refractivity (Wildman–Crippen MR) is 78.2 cm³/mol. The molecule has 0 saturated carbocycles. The number of carbonyl (C=O) groups is 2. The molecule has 20 heavy (non-hydrogen) atoms. The summed E-state index contributed by atoms with van der Waals surface area (Å²) in [4.78, 5) is 25.8. The first-order valence-electron chi connectivity index (χ1n) is 7.27. The molecule has 2 amide bonds. The van der Waals surface area contributed by atoms with E-state index in [1.165, 1.54) is 6.42 Å². The van der Waals surface area contributed by atoms with Crippen LogP contribution < -0.4 is 5.32 Å². The zero-order chi connectivity index (χ0) is 14.4. The Morgan fingerprint density at radius 1 is 1.25 bits per heavy atom. The average molecular weight is 274 g/mol. The standard InChI is InChI=1S/C16H22N2O2/c1-13-7-5-6-10-18(13)16(20)12-17-15(19)11-14-8-3-2-4-9-14/h2-4,8-9,13H,5-7,10-12H2,1H3,(H,17,19). The smallest absolute Gasteiger partial charge is 0.242 e. The zero-order valence-electron chi connectivity index (χ0n) is 12.0. The number of nitrogens with one attached hydrogen (secondary N) is 1. The van der Waals surface area contributed by atoms with Gasteiger partial charge < -0.3 is 10.2 Å². The molecule has 0 spiro atoms. The van der Waals surface area contributed by atoms with Crippen LogP contribution in [0.5, 0.6) is 0 Å². The molecule has 4 nitrogen and oxygen atoms in total. The van der Waals surface area contributed by atoms with Crippen LogP contribution >= 0.6 is 0 Å². The predicted octanol–water partition coefficient (Wildman–Crippen LogP) is 1.75. The summed E-state index contributed by atoms with van der Waals surface area (Å²) < 4.78 is 0. The lowest BCUT2D eigenvalue weighted by atomic mass is 10.0. The fraction of sp³-hybridized carbons (Fsp3) is 0.500. The second kappa shape index (κ2) is 7.08. The highest BCUT2D eigenvalue weighted by atomic mass is 16.2. The zero-order valence-corrected chi connectivity index (χ0v) is 12.0. The maximum absolute atomic E-state index is 12.1. The molecule has 1 unspecified atom stereocenters. The minimum atomic E-state index is -0.103. The summed E-state index contributed by atoms with van der Waals surface area (Å²) in [7, 11) is 0. The molecule has 2 rings (SSSR count). The van der Waals surface area contributed by atoms with Crippen LogP contribution in [0.15, 0.2) is 30.3 Å². The van der Waals surface area contributed by atoms with Crippen LogP contribution in [0.2, 0.25) is 0 Å². The van der Waals surface area contributed by atoms with Gasteiger partial charge in [-0.1, -0.05) is 30.3 Å². The van der Waals surface area contributed by atoms with E-state index in [0.29, 0.717) is 12.5 Å². The SMILES string of the molecule is CC1CCCCN1C(=O)CNC(=O)Cc1ccccc1. The minimum Gasteiger partial charge on any atom is -0.347 e. The highest BCUT2D eigenvalue weighted by Gasteiger charge is 2.22. The van der Waals surface area contributed by atoms with Crippen LogP contribution in [0.1, 0.15) is 31.7 Å². The molecular weight excluding hydrogens is 252 g/mol. The monoisotopic (exact) mass is 274 g/mol. The van der Waals surface area contributed by atoms with Crippen molar-refractivity contribution in [3.63, 3.8) is 0 Å². The van der Waals surface area contributed by atoms with Crippen molar-refractivity contribution in [2.24, 2.45) is 0 Å². The molecule has 0 aromatic heterocycles. The third-order valence-corrected chi connectivity index (χ3v) is 3.77. The van der Waals surface area contributed by atoms with Gasteiger partial charge in [-0.15, -0.1) is 0 Å². The lowest BCUT2D eigenvalue weighted by molar-refractivity contribution is -0.135. The van der Waals surface area contributed by atoms with Crippen molar-refractivity contribution < 1.29 is 9.59 Å². The Hall–Kier alpha value is -1.84. The Bertz CT molecular complexity index is 459. The van der Waals surface area contributed by atoms with E-state index in [-0.39, 0.29) is 18.4 Å². The average Bonchev–Trinajstić information content (AvgIpc) is 2.46. The Morgan fingerprint density at radius 3 is 2.70 bits per heavy atom. The van der Waals surface area contributed by atoms with Gasteiger partial charge in [-0.3, -0.25) is 9.59 Å². The Labute approximate surface area is 120 Å². The van der Waals surface area contributed by atoms with Gasteiger partial charge in [0.05, 0.1) is 13.0 Å². The van der Waals surface area contributed by atoms with E-state index in [4.69, 9.17) is 0 Å². The molecule has 1 aliphatic rings. The van der Waals surface area contributed by atoms with Crippen molar-refractivity contribution in [1.82, 2.24) is 10.2 Å². The Kier molecular flexibility index (Phi) is 5.16. The van der Waals surface area contributed by atoms with Crippen LogP contribution in [-0.4, -0.2) is 35.8 Å². The maximum atomic E-state index is 12.1. The first-order valence-corrected chi connectivity index (χ1v) is 7.27. The third-order valence-electron chi connectivity index (χ3n) is 3.77. The van der Waals surface area contributed by atoms with Gasteiger partial charge in [-0.25, -0.2) is 0 Å². The number of nitrogens with zero attached hydrogens (tertiary/aromatic N) is 1. The first kappa shape index (κ1) is 14.6. The van der Waals surface area contributed by atoms with Crippen LogP contribution in [0.25, 0.3) is 0 Å². The van der Waals surface area contributed by atoms with Crippen molar-refractivity contribution in [1.29, 1.82) is 0 Å².